The average molecular weight is 257 g/mol. The summed E-state index contributed by atoms with van der Waals surface area (Å²) in [6, 6.07) is 3.95. The molecule has 0 spiro atoms. The van der Waals surface area contributed by atoms with Crippen LogP contribution in [0.2, 0.25) is 0 Å². The molecule has 0 unspecified atom stereocenters. The van der Waals surface area contributed by atoms with E-state index >= 15 is 0 Å². The SMILES string of the molecule is CC(C)c1cc(CCl)cc(OCCN(C)C)n1. The van der Waals surface area contributed by atoms with Crippen LogP contribution in [-0.4, -0.2) is 37.1 Å². The standard InChI is InChI=1S/C13H21ClN2O/c1-10(2)12-7-11(9-14)8-13(15-12)17-6-5-16(3)4/h7-8,10H,5-6,9H2,1-4H3. The fourth-order valence-corrected chi connectivity index (χ4v) is 1.52. The van der Waals surface area contributed by atoms with Crippen molar-refractivity contribution in [3.05, 3.63) is 23.4 Å². The van der Waals surface area contributed by atoms with Crippen molar-refractivity contribution in [3.8, 4) is 5.88 Å². The number of nitrogens with zero attached hydrogens (tertiary/aromatic N) is 2. The Balaban J connectivity index is 2.73. The van der Waals surface area contributed by atoms with Gasteiger partial charge in [-0.15, -0.1) is 11.6 Å². The second-order valence-corrected chi connectivity index (χ2v) is 4.95. The summed E-state index contributed by atoms with van der Waals surface area (Å²) in [5.74, 6) is 1.55. The molecule has 0 saturated carbocycles. The molecule has 0 fully saturated rings. The van der Waals surface area contributed by atoms with Crippen molar-refractivity contribution in [3.63, 3.8) is 0 Å². The van der Waals surface area contributed by atoms with E-state index in [1.807, 2.05) is 26.2 Å². The minimum absolute atomic E-state index is 0.384. The van der Waals surface area contributed by atoms with E-state index < -0.39 is 0 Å². The molecule has 0 bridgehead atoms. The zero-order chi connectivity index (χ0) is 12.8. The molecule has 0 aliphatic rings. The van der Waals surface area contributed by atoms with Crippen LogP contribution in [0.4, 0.5) is 0 Å². The van der Waals surface area contributed by atoms with Crippen molar-refractivity contribution in [2.45, 2.75) is 25.6 Å². The largest absolute Gasteiger partial charge is 0.476 e. The van der Waals surface area contributed by atoms with Gasteiger partial charge in [0, 0.05) is 24.2 Å². The molecule has 1 aromatic heterocycles. The Bertz CT molecular complexity index is 353. The predicted octanol–water partition coefficient (Wildman–Crippen LogP) is 2.88. The highest BCUT2D eigenvalue weighted by Gasteiger charge is 2.06. The van der Waals surface area contributed by atoms with Crippen LogP contribution in [0.3, 0.4) is 0 Å². The first-order chi connectivity index (χ1) is 8.02. The molecule has 1 heterocycles. The van der Waals surface area contributed by atoms with Gasteiger partial charge < -0.3 is 9.64 Å². The van der Waals surface area contributed by atoms with Crippen molar-refractivity contribution in [1.29, 1.82) is 0 Å². The maximum atomic E-state index is 5.87. The van der Waals surface area contributed by atoms with Gasteiger partial charge in [-0.05, 0) is 31.6 Å². The number of pyridine rings is 1. The van der Waals surface area contributed by atoms with E-state index in [2.05, 4.69) is 23.7 Å². The molecule has 3 nitrogen and oxygen atoms in total. The van der Waals surface area contributed by atoms with Crippen molar-refractivity contribution < 1.29 is 4.74 Å². The highest BCUT2D eigenvalue weighted by Crippen LogP contribution is 2.20. The third-order valence-corrected chi connectivity index (χ3v) is 2.72. The lowest BCUT2D eigenvalue weighted by molar-refractivity contribution is 0.253. The lowest BCUT2D eigenvalue weighted by atomic mass is 10.1. The summed E-state index contributed by atoms with van der Waals surface area (Å²) in [6.07, 6.45) is 0. The van der Waals surface area contributed by atoms with E-state index in [1.165, 1.54) is 0 Å². The zero-order valence-electron chi connectivity index (χ0n) is 11.0. The highest BCUT2D eigenvalue weighted by atomic mass is 35.5. The molecule has 17 heavy (non-hydrogen) atoms. The Morgan fingerprint density at radius 1 is 1.35 bits per heavy atom. The number of alkyl halides is 1. The first-order valence-corrected chi connectivity index (χ1v) is 6.40. The number of ether oxygens (including phenoxy) is 1. The third kappa shape index (κ3) is 4.92. The minimum atomic E-state index is 0.384. The summed E-state index contributed by atoms with van der Waals surface area (Å²) in [6.45, 7) is 5.75. The molecule has 1 rings (SSSR count). The summed E-state index contributed by atoms with van der Waals surface area (Å²) in [7, 11) is 4.04. The number of hydrogen-bond donors (Lipinski definition) is 0. The Hall–Kier alpha value is -0.800. The van der Waals surface area contributed by atoms with Crippen LogP contribution in [0.5, 0.6) is 5.88 Å². The van der Waals surface area contributed by atoms with Gasteiger partial charge in [0.15, 0.2) is 0 Å². The average Bonchev–Trinajstić information content (AvgIpc) is 2.28. The molecule has 0 N–H and O–H groups in total. The highest BCUT2D eigenvalue weighted by molar-refractivity contribution is 6.17. The molecule has 4 heteroatoms. The number of hydrogen-bond acceptors (Lipinski definition) is 3. The Morgan fingerprint density at radius 3 is 2.59 bits per heavy atom. The lowest BCUT2D eigenvalue weighted by Crippen LogP contribution is -2.19. The molecule has 0 aromatic carbocycles. The van der Waals surface area contributed by atoms with E-state index in [4.69, 9.17) is 16.3 Å². The number of rotatable bonds is 6. The van der Waals surface area contributed by atoms with E-state index in [-0.39, 0.29) is 0 Å². The predicted molar refractivity (Wildman–Crippen MR) is 71.9 cm³/mol. The molecule has 1 aromatic rings. The first kappa shape index (κ1) is 14.3. The molecular formula is C13H21ClN2O. The summed E-state index contributed by atoms with van der Waals surface area (Å²) in [5, 5.41) is 0. The van der Waals surface area contributed by atoms with Crippen LogP contribution in [0.25, 0.3) is 0 Å². The van der Waals surface area contributed by atoms with Crippen LogP contribution in [0, 0.1) is 0 Å². The number of halogens is 1. The Kier molecular flexibility index (Phi) is 5.72. The van der Waals surface area contributed by atoms with E-state index in [0.717, 1.165) is 17.8 Å². The molecule has 96 valence electrons. The van der Waals surface area contributed by atoms with Gasteiger partial charge in [0.1, 0.15) is 6.61 Å². The molecule has 0 aliphatic carbocycles. The van der Waals surface area contributed by atoms with Crippen molar-refractivity contribution in [1.82, 2.24) is 9.88 Å². The van der Waals surface area contributed by atoms with Gasteiger partial charge in [-0.1, -0.05) is 13.8 Å². The smallest absolute Gasteiger partial charge is 0.213 e. The summed E-state index contributed by atoms with van der Waals surface area (Å²) in [4.78, 5) is 6.56. The van der Waals surface area contributed by atoms with Crippen LogP contribution in [-0.2, 0) is 5.88 Å². The third-order valence-electron chi connectivity index (χ3n) is 2.42. The van der Waals surface area contributed by atoms with E-state index in [0.29, 0.717) is 24.3 Å². The first-order valence-electron chi connectivity index (χ1n) is 5.87. The van der Waals surface area contributed by atoms with Gasteiger partial charge in [0.2, 0.25) is 5.88 Å². The fraction of sp³-hybridized carbons (Fsp3) is 0.615. The lowest BCUT2D eigenvalue weighted by Gasteiger charge is -2.13. The van der Waals surface area contributed by atoms with Gasteiger partial charge in [-0.25, -0.2) is 4.98 Å². The number of likely N-dealkylation sites (N-methyl/N-ethyl adjacent to an activating group) is 1. The molecule has 0 radical (unpaired) electrons. The van der Waals surface area contributed by atoms with Crippen LogP contribution in [0.1, 0.15) is 31.0 Å². The van der Waals surface area contributed by atoms with E-state index in [9.17, 15) is 0 Å². The maximum absolute atomic E-state index is 5.87. The molecule has 0 amide bonds. The Labute approximate surface area is 109 Å². The van der Waals surface area contributed by atoms with Gasteiger partial charge >= 0.3 is 0 Å². The monoisotopic (exact) mass is 256 g/mol. The van der Waals surface area contributed by atoms with Crippen molar-refractivity contribution >= 4 is 11.6 Å². The van der Waals surface area contributed by atoms with Crippen LogP contribution < -0.4 is 4.74 Å². The van der Waals surface area contributed by atoms with Gasteiger partial charge in [-0.2, -0.15) is 0 Å². The zero-order valence-corrected chi connectivity index (χ0v) is 11.8. The molecule has 0 aliphatic heterocycles. The quantitative estimate of drug-likeness (QED) is 0.732. The minimum Gasteiger partial charge on any atom is -0.476 e. The van der Waals surface area contributed by atoms with Crippen molar-refractivity contribution in [2.24, 2.45) is 0 Å². The van der Waals surface area contributed by atoms with Gasteiger partial charge in [0.25, 0.3) is 0 Å². The second kappa shape index (κ2) is 6.82. The Morgan fingerprint density at radius 2 is 2.06 bits per heavy atom. The van der Waals surface area contributed by atoms with E-state index in [1.54, 1.807) is 0 Å². The normalized spacial score (nSPS) is 11.2. The topological polar surface area (TPSA) is 25.4 Å². The summed E-state index contributed by atoms with van der Waals surface area (Å²) in [5.41, 5.74) is 2.09. The summed E-state index contributed by atoms with van der Waals surface area (Å²) >= 11 is 5.87. The summed E-state index contributed by atoms with van der Waals surface area (Å²) < 4.78 is 5.64. The molecular weight excluding hydrogens is 236 g/mol. The molecule has 0 atom stereocenters. The fourth-order valence-electron chi connectivity index (χ4n) is 1.36. The van der Waals surface area contributed by atoms with Crippen molar-refractivity contribution in [2.75, 3.05) is 27.2 Å². The van der Waals surface area contributed by atoms with Crippen LogP contribution >= 0.6 is 11.6 Å². The number of aromatic nitrogens is 1. The second-order valence-electron chi connectivity index (χ2n) is 4.68. The van der Waals surface area contributed by atoms with Gasteiger partial charge in [-0.3, -0.25) is 0 Å². The van der Waals surface area contributed by atoms with Crippen LogP contribution in [0.15, 0.2) is 12.1 Å². The van der Waals surface area contributed by atoms with Gasteiger partial charge in [0.05, 0.1) is 0 Å². The molecule has 0 saturated heterocycles. The maximum Gasteiger partial charge on any atom is 0.213 e.